The van der Waals surface area contributed by atoms with Crippen LogP contribution in [0.15, 0.2) is 24.3 Å². The second kappa shape index (κ2) is 7.42. The highest BCUT2D eigenvalue weighted by atomic mass is 19.1. The summed E-state index contributed by atoms with van der Waals surface area (Å²) >= 11 is 0. The summed E-state index contributed by atoms with van der Waals surface area (Å²) in [5.74, 6) is -1.08. The lowest BCUT2D eigenvalue weighted by atomic mass is 10.1. The van der Waals surface area contributed by atoms with Gasteiger partial charge in [0.15, 0.2) is 0 Å². The van der Waals surface area contributed by atoms with Gasteiger partial charge >= 0.3 is 5.97 Å². The second-order valence-corrected chi connectivity index (χ2v) is 3.67. The van der Waals surface area contributed by atoms with Crippen LogP contribution >= 0.6 is 0 Å². The van der Waals surface area contributed by atoms with Gasteiger partial charge in [-0.1, -0.05) is 18.2 Å². The normalized spacial score (nSPS) is 9.89. The molecule has 1 amide bonds. The van der Waals surface area contributed by atoms with E-state index < -0.39 is 5.82 Å². The topological polar surface area (TPSA) is 55.4 Å². The van der Waals surface area contributed by atoms with E-state index in [1.807, 2.05) is 0 Å². The Labute approximate surface area is 105 Å². The fourth-order valence-corrected chi connectivity index (χ4v) is 1.41. The predicted molar refractivity (Wildman–Crippen MR) is 64.4 cm³/mol. The van der Waals surface area contributed by atoms with Gasteiger partial charge in [-0.2, -0.15) is 0 Å². The Morgan fingerprint density at radius 3 is 2.72 bits per heavy atom. The fraction of sp³-hybridized carbons (Fsp3) is 0.385. The molecule has 1 rings (SSSR count). The van der Waals surface area contributed by atoms with Gasteiger partial charge in [0.25, 0.3) is 0 Å². The third kappa shape index (κ3) is 4.95. The minimum atomic E-state index is -0.405. The van der Waals surface area contributed by atoms with Crippen LogP contribution in [-0.2, 0) is 20.7 Å². The highest BCUT2D eigenvalue weighted by molar-refractivity contribution is 5.79. The number of carbonyl (C=O) groups excluding carboxylic acids is 2. The Morgan fingerprint density at radius 2 is 2.06 bits per heavy atom. The van der Waals surface area contributed by atoms with E-state index in [0.29, 0.717) is 12.2 Å². The van der Waals surface area contributed by atoms with Crippen LogP contribution in [0.4, 0.5) is 4.39 Å². The van der Waals surface area contributed by atoms with E-state index in [9.17, 15) is 14.0 Å². The first-order valence-electron chi connectivity index (χ1n) is 5.79. The summed E-state index contributed by atoms with van der Waals surface area (Å²) in [4.78, 5) is 22.5. The van der Waals surface area contributed by atoms with Crippen LogP contribution in [0.5, 0.6) is 0 Å². The summed E-state index contributed by atoms with van der Waals surface area (Å²) in [6, 6.07) is 6.10. The Balaban J connectivity index is 2.30. The van der Waals surface area contributed by atoms with Crippen molar-refractivity contribution in [1.82, 2.24) is 5.32 Å². The van der Waals surface area contributed by atoms with Crippen LogP contribution in [0, 0.1) is 5.82 Å². The highest BCUT2D eigenvalue weighted by Gasteiger charge is 2.08. The first kappa shape index (κ1) is 14.2. The summed E-state index contributed by atoms with van der Waals surface area (Å²) < 4.78 is 18.0. The van der Waals surface area contributed by atoms with E-state index in [0.717, 1.165) is 0 Å². The maximum Gasteiger partial charge on any atom is 0.307 e. The molecule has 0 aromatic heterocycles. The third-order valence-electron chi connectivity index (χ3n) is 2.27. The molecule has 0 unspecified atom stereocenters. The van der Waals surface area contributed by atoms with E-state index in [4.69, 9.17) is 4.74 Å². The fourth-order valence-electron chi connectivity index (χ4n) is 1.41. The van der Waals surface area contributed by atoms with Gasteiger partial charge in [0.1, 0.15) is 5.82 Å². The van der Waals surface area contributed by atoms with Crippen molar-refractivity contribution in [3.8, 4) is 0 Å². The zero-order valence-electron chi connectivity index (χ0n) is 10.2. The van der Waals surface area contributed by atoms with E-state index in [1.54, 1.807) is 25.1 Å². The summed E-state index contributed by atoms with van der Waals surface area (Å²) in [6.45, 7) is 2.24. The Hall–Kier alpha value is -1.91. The molecule has 4 nitrogen and oxygen atoms in total. The Kier molecular flexibility index (Phi) is 5.84. The van der Waals surface area contributed by atoms with Crippen LogP contribution < -0.4 is 5.32 Å². The molecular weight excluding hydrogens is 237 g/mol. The molecule has 0 aliphatic heterocycles. The zero-order chi connectivity index (χ0) is 13.4. The quantitative estimate of drug-likeness (QED) is 0.780. The monoisotopic (exact) mass is 253 g/mol. The number of amides is 1. The van der Waals surface area contributed by atoms with Crippen molar-refractivity contribution < 1.29 is 18.7 Å². The van der Waals surface area contributed by atoms with Gasteiger partial charge < -0.3 is 10.1 Å². The van der Waals surface area contributed by atoms with E-state index in [1.165, 1.54) is 6.07 Å². The van der Waals surface area contributed by atoms with Crippen molar-refractivity contribution in [1.29, 1.82) is 0 Å². The van der Waals surface area contributed by atoms with Crippen LogP contribution in [-0.4, -0.2) is 25.0 Å². The van der Waals surface area contributed by atoms with Gasteiger partial charge in [0, 0.05) is 6.54 Å². The molecule has 0 aliphatic rings. The maximum absolute atomic E-state index is 13.2. The lowest BCUT2D eigenvalue weighted by molar-refractivity contribution is -0.143. The number of halogens is 1. The number of carbonyl (C=O) groups is 2. The molecule has 1 aromatic rings. The van der Waals surface area contributed by atoms with Gasteiger partial charge in [-0.15, -0.1) is 0 Å². The second-order valence-electron chi connectivity index (χ2n) is 3.67. The number of ether oxygens (including phenoxy) is 1. The molecule has 0 fully saturated rings. The Bertz CT molecular complexity index is 420. The summed E-state index contributed by atoms with van der Waals surface area (Å²) in [5, 5.41) is 2.54. The zero-order valence-corrected chi connectivity index (χ0v) is 10.2. The van der Waals surface area contributed by atoms with Crippen molar-refractivity contribution in [3.05, 3.63) is 35.6 Å². The first-order valence-corrected chi connectivity index (χ1v) is 5.79. The first-order chi connectivity index (χ1) is 8.63. The van der Waals surface area contributed by atoms with Crippen molar-refractivity contribution in [3.63, 3.8) is 0 Å². The van der Waals surface area contributed by atoms with Gasteiger partial charge in [-0.05, 0) is 18.6 Å². The van der Waals surface area contributed by atoms with E-state index >= 15 is 0 Å². The molecule has 5 heteroatoms. The molecule has 0 aliphatic carbocycles. The number of benzene rings is 1. The lowest BCUT2D eigenvalue weighted by Gasteiger charge is -2.05. The molecule has 0 saturated carbocycles. The van der Waals surface area contributed by atoms with E-state index in [-0.39, 0.29) is 31.3 Å². The molecular formula is C13H16FNO3. The van der Waals surface area contributed by atoms with Crippen molar-refractivity contribution in [2.75, 3.05) is 13.2 Å². The van der Waals surface area contributed by atoms with Crippen LogP contribution in [0.1, 0.15) is 18.9 Å². The van der Waals surface area contributed by atoms with Gasteiger partial charge in [-0.25, -0.2) is 4.39 Å². The van der Waals surface area contributed by atoms with Crippen molar-refractivity contribution >= 4 is 11.9 Å². The standard InChI is InChI=1S/C13H16FNO3/c1-2-18-13(17)7-8-15-12(16)9-10-5-3-4-6-11(10)14/h3-6H,2,7-9H2,1H3,(H,15,16). The molecule has 0 heterocycles. The molecule has 0 bridgehead atoms. The number of esters is 1. The van der Waals surface area contributed by atoms with Crippen LogP contribution in [0.25, 0.3) is 0 Å². The number of nitrogens with one attached hydrogen (secondary N) is 1. The van der Waals surface area contributed by atoms with Crippen molar-refractivity contribution in [2.24, 2.45) is 0 Å². The van der Waals surface area contributed by atoms with Gasteiger partial charge in [0.05, 0.1) is 19.4 Å². The summed E-state index contributed by atoms with van der Waals surface area (Å²) in [7, 11) is 0. The lowest BCUT2D eigenvalue weighted by Crippen LogP contribution is -2.28. The molecule has 1 N–H and O–H groups in total. The van der Waals surface area contributed by atoms with Gasteiger partial charge in [-0.3, -0.25) is 9.59 Å². The van der Waals surface area contributed by atoms with E-state index in [2.05, 4.69) is 5.32 Å². The molecule has 0 radical (unpaired) electrons. The molecule has 18 heavy (non-hydrogen) atoms. The SMILES string of the molecule is CCOC(=O)CCNC(=O)Cc1ccccc1F. The minimum Gasteiger partial charge on any atom is -0.466 e. The van der Waals surface area contributed by atoms with Crippen LogP contribution in [0.3, 0.4) is 0 Å². The average molecular weight is 253 g/mol. The average Bonchev–Trinajstić information content (AvgIpc) is 2.32. The highest BCUT2D eigenvalue weighted by Crippen LogP contribution is 2.06. The van der Waals surface area contributed by atoms with Crippen molar-refractivity contribution in [2.45, 2.75) is 19.8 Å². The number of hydrogen-bond acceptors (Lipinski definition) is 3. The molecule has 0 saturated heterocycles. The van der Waals surface area contributed by atoms with Gasteiger partial charge in [0.2, 0.25) is 5.91 Å². The minimum absolute atomic E-state index is 0.0322. The molecule has 1 aromatic carbocycles. The largest absolute Gasteiger partial charge is 0.466 e. The third-order valence-corrected chi connectivity index (χ3v) is 2.27. The van der Waals surface area contributed by atoms with Crippen LogP contribution in [0.2, 0.25) is 0 Å². The Morgan fingerprint density at radius 1 is 1.33 bits per heavy atom. The number of hydrogen-bond donors (Lipinski definition) is 1. The smallest absolute Gasteiger partial charge is 0.307 e. The summed E-state index contributed by atoms with van der Waals surface area (Å²) in [6.07, 6.45) is 0.0896. The summed E-state index contributed by atoms with van der Waals surface area (Å²) in [5.41, 5.74) is 0.339. The molecule has 98 valence electrons. The molecule has 0 atom stereocenters. The number of rotatable bonds is 6. The molecule has 0 spiro atoms. The predicted octanol–water partition coefficient (Wildman–Crippen LogP) is 1.44. The maximum atomic E-state index is 13.2.